The number of hydrogen-bond acceptors (Lipinski definition) is 8. The lowest BCUT2D eigenvalue weighted by Gasteiger charge is -2.07. The van der Waals surface area contributed by atoms with Crippen LogP contribution in [0.2, 0.25) is 0 Å². The molecule has 0 spiro atoms. The zero-order valence-electron chi connectivity index (χ0n) is 28.6. The van der Waals surface area contributed by atoms with Crippen LogP contribution in [0.3, 0.4) is 0 Å². The van der Waals surface area contributed by atoms with Crippen LogP contribution in [0.1, 0.15) is 76.3 Å². The van der Waals surface area contributed by atoms with Crippen molar-refractivity contribution in [2.24, 2.45) is 10.2 Å². The fourth-order valence-corrected chi connectivity index (χ4v) is 4.44. The number of unbranched alkanes of at least 4 members (excludes halogenated alkanes) is 7. The highest BCUT2D eigenvalue weighted by Gasteiger charge is 2.02. The molecule has 0 radical (unpaired) electrons. The van der Waals surface area contributed by atoms with Crippen LogP contribution < -0.4 is 9.47 Å². The number of azo groups is 1. The van der Waals surface area contributed by atoms with Crippen LogP contribution in [0.25, 0.3) is 0 Å². The van der Waals surface area contributed by atoms with Gasteiger partial charge in [0.05, 0.1) is 44.4 Å². The van der Waals surface area contributed by atoms with Crippen molar-refractivity contribution in [1.82, 2.24) is 0 Å². The van der Waals surface area contributed by atoms with Gasteiger partial charge >= 0.3 is 5.97 Å². The molecule has 0 aliphatic heterocycles. The van der Waals surface area contributed by atoms with Crippen LogP contribution in [0.4, 0.5) is 11.4 Å². The van der Waals surface area contributed by atoms with Crippen LogP contribution in [0.15, 0.2) is 95.2 Å². The van der Waals surface area contributed by atoms with E-state index in [0.717, 1.165) is 59.7 Å². The maximum atomic E-state index is 11.3. The number of carbonyl (C=O) groups is 1. The van der Waals surface area contributed by atoms with E-state index in [9.17, 15) is 4.79 Å². The molecule has 3 aromatic rings. The Labute approximate surface area is 286 Å². The summed E-state index contributed by atoms with van der Waals surface area (Å²) >= 11 is 0. The molecule has 8 heteroatoms. The second-order valence-electron chi connectivity index (χ2n) is 11.3. The zero-order chi connectivity index (χ0) is 34.1. The molecular formula is C40H50N2O6. The van der Waals surface area contributed by atoms with Gasteiger partial charge in [0, 0.05) is 23.3 Å². The minimum Gasteiger partial charge on any atom is -0.494 e. The number of nitrogens with zero attached hydrogens (tertiary/aromatic N) is 2. The van der Waals surface area contributed by atoms with Gasteiger partial charge in [0.25, 0.3) is 0 Å². The predicted octanol–water partition coefficient (Wildman–Crippen LogP) is 9.55. The summed E-state index contributed by atoms with van der Waals surface area (Å²) in [5.74, 6) is 7.70. The van der Waals surface area contributed by atoms with E-state index in [4.69, 9.17) is 23.7 Å². The molecule has 0 fully saturated rings. The van der Waals surface area contributed by atoms with Gasteiger partial charge in [-0.1, -0.05) is 56.9 Å². The Kier molecular flexibility index (Phi) is 18.8. The summed E-state index contributed by atoms with van der Waals surface area (Å²) in [6.45, 7) is 11.3. The Morgan fingerprint density at radius 3 is 1.58 bits per heavy atom. The Morgan fingerprint density at radius 2 is 1.02 bits per heavy atom. The second-order valence-corrected chi connectivity index (χ2v) is 11.3. The largest absolute Gasteiger partial charge is 0.494 e. The first-order chi connectivity index (χ1) is 23.5. The van der Waals surface area contributed by atoms with Gasteiger partial charge in [0.2, 0.25) is 0 Å². The summed E-state index contributed by atoms with van der Waals surface area (Å²) in [5, 5.41) is 8.70. The molecule has 256 valence electrons. The van der Waals surface area contributed by atoms with Crippen LogP contribution in [-0.2, 0) is 19.0 Å². The van der Waals surface area contributed by atoms with E-state index in [2.05, 4.69) is 28.6 Å². The van der Waals surface area contributed by atoms with E-state index in [0.29, 0.717) is 51.8 Å². The van der Waals surface area contributed by atoms with Crippen molar-refractivity contribution < 1.29 is 28.5 Å². The third kappa shape index (κ3) is 16.9. The van der Waals surface area contributed by atoms with Crippen molar-refractivity contribution >= 4 is 17.3 Å². The quantitative estimate of drug-likeness (QED) is 0.0333. The highest BCUT2D eigenvalue weighted by Crippen LogP contribution is 2.22. The predicted molar refractivity (Wildman–Crippen MR) is 190 cm³/mol. The van der Waals surface area contributed by atoms with Gasteiger partial charge in [0.15, 0.2) is 0 Å². The lowest BCUT2D eigenvalue weighted by molar-refractivity contribution is -0.139. The molecule has 0 aliphatic rings. The fourth-order valence-electron chi connectivity index (χ4n) is 4.44. The van der Waals surface area contributed by atoms with Crippen LogP contribution >= 0.6 is 0 Å². The number of carbonyl (C=O) groups excluding carboxylic acids is 1. The van der Waals surface area contributed by atoms with Gasteiger partial charge < -0.3 is 23.7 Å². The standard InChI is InChI=1S/C40H50N2O6/c1-4-44-29-30-45-31-32-47-38-23-17-35(18-24-38)14-13-34-15-19-36(20-16-34)41-42-37-21-25-39(26-22-37)46-27-11-9-7-5-6-8-10-12-28-48-40(43)33(2)3/h15-26H,2,4-12,27-32H2,1,3H3. The molecule has 3 rings (SSSR count). The Morgan fingerprint density at radius 1 is 0.583 bits per heavy atom. The molecule has 0 aliphatic carbocycles. The Balaban J connectivity index is 1.26. The minimum absolute atomic E-state index is 0.294. The smallest absolute Gasteiger partial charge is 0.333 e. The van der Waals surface area contributed by atoms with E-state index < -0.39 is 0 Å². The van der Waals surface area contributed by atoms with Gasteiger partial charge in [-0.3, -0.25) is 0 Å². The fraction of sp³-hybridized carbons (Fsp3) is 0.425. The van der Waals surface area contributed by atoms with Gasteiger partial charge in [-0.15, -0.1) is 0 Å². The second kappa shape index (κ2) is 23.8. The SMILES string of the molecule is C=C(C)C(=O)OCCCCCCCCCCOc1ccc(N=Nc2ccc(C#Cc3ccc(OCCOCCOCC)cc3)cc2)cc1. The summed E-state index contributed by atoms with van der Waals surface area (Å²) in [6, 6.07) is 23.1. The summed E-state index contributed by atoms with van der Waals surface area (Å²) in [7, 11) is 0. The summed E-state index contributed by atoms with van der Waals surface area (Å²) in [5.41, 5.74) is 3.79. The number of ether oxygens (including phenoxy) is 5. The lowest BCUT2D eigenvalue weighted by atomic mass is 10.1. The molecule has 0 saturated carbocycles. The lowest BCUT2D eigenvalue weighted by Crippen LogP contribution is -2.10. The topological polar surface area (TPSA) is 87.9 Å². The molecule has 0 unspecified atom stereocenters. The van der Waals surface area contributed by atoms with Crippen molar-refractivity contribution in [3.63, 3.8) is 0 Å². The normalized spacial score (nSPS) is 10.8. The van der Waals surface area contributed by atoms with Gasteiger partial charge in [-0.2, -0.15) is 10.2 Å². The third-order valence-electron chi connectivity index (χ3n) is 7.15. The minimum atomic E-state index is -0.294. The molecular weight excluding hydrogens is 604 g/mol. The van der Waals surface area contributed by atoms with E-state index in [1.54, 1.807) is 6.92 Å². The average Bonchev–Trinajstić information content (AvgIpc) is 3.11. The molecule has 0 bridgehead atoms. The van der Waals surface area contributed by atoms with Gasteiger partial charge in [-0.05, 0) is 99.5 Å². The van der Waals surface area contributed by atoms with E-state index in [1.165, 1.54) is 25.7 Å². The van der Waals surface area contributed by atoms with Crippen molar-refractivity contribution in [2.45, 2.75) is 65.2 Å². The summed E-state index contributed by atoms with van der Waals surface area (Å²) < 4.78 is 27.4. The van der Waals surface area contributed by atoms with Gasteiger partial charge in [0.1, 0.15) is 18.1 Å². The Bertz CT molecular complexity index is 1420. The van der Waals surface area contributed by atoms with Crippen molar-refractivity contribution in [3.05, 3.63) is 96.1 Å². The summed E-state index contributed by atoms with van der Waals surface area (Å²) in [4.78, 5) is 11.3. The van der Waals surface area contributed by atoms with Crippen LogP contribution in [0.5, 0.6) is 11.5 Å². The maximum Gasteiger partial charge on any atom is 0.333 e. The first kappa shape index (κ1) is 38.0. The molecule has 0 saturated heterocycles. The number of rotatable bonds is 23. The molecule has 0 aromatic heterocycles. The number of benzene rings is 3. The third-order valence-corrected chi connectivity index (χ3v) is 7.15. The van der Waals surface area contributed by atoms with Crippen molar-refractivity contribution in [1.29, 1.82) is 0 Å². The maximum absolute atomic E-state index is 11.3. The highest BCUT2D eigenvalue weighted by atomic mass is 16.5. The molecule has 0 N–H and O–H groups in total. The van der Waals surface area contributed by atoms with E-state index in [1.807, 2.05) is 79.7 Å². The van der Waals surface area contributed by atoms with E-state index in [-0.39, 0.29) is 5.97 Å². The molecule has 0 amide bonds. The first-order valence-corrected chi connectivity index (χ1v) is 17.0. The molecule has 8 nitrogen and oxygen atoms in total. The van der Waals surface area contributed by atoms with Crippen molar-refractivity contribution in [3.8, 4) is 23.3 Å². The van der Waals surface area contributed by atoms with Crippen LogP contribution in [0, 0.1) is 11.8 Å². The van der Waals surface area contributed by atoms with Crippen LogP contribution in [-0.4, -0.2) is 52.2 Å². The highest BCUT2D eigenvalue weighted by molar-refractivity contribution is 5.86. The zero-order valence-corrected chi connectivity index (χ0v) is 28.6. The average molecular weight is 655 g/mol. The molecule has 3 aromatic carbocycles. The van der Waals surface area contributed by atoms with Gasteiger partial charge in [-0.25, -0.2) is 4.79 Å². The molecule has 48 heavy (non-hydrogen) atoms. The molecule has 0 atom stereocenters. The van der Waals surface area contributed by atoms with Crippen molar-refractivity contribution in [2.75, 3.05) is 46.2 Å². The number of esters is 1. The van der Waals surface area contributed by atoms with E-state index >= 15 is 0 Å². The first-order valence-electron chi connectivity index (χ1n) is 17.0. The summed E-state index contributed by atoms with van der Waals surface area (Å²) in [6.07, 6.45) is 9.01. The Hall–Kier alpha value is -4.45. The molecule has 0 heterocycles. The number of hydrogen-bond donors (Lipinski definition) is 0. The monoisotopic (exact) mass is 654 g/mol.